The number of morpholine rings is 1. The van der Waals surface area contributed by atoms with Crippen molar-refractivity contribution in [3.05, 3.63) is 30.0 Å². The zero-order valence-electron chi connectivity index (χ0n) is 14.3. The average molecular weight is 365 g/mol. The summed E-state index contributed by atoms with van der Waals surface area (Å²) in [4.78, 5) is 14.4. The molecule has 138 valence electrons. The Morgan fingerprint density at radius 3 is 2.62 bits per heavy atom. The number of aryl methyl sites for hydroxylation is 1. The number of aromatic nitrogens is 4. The molecule has 0 N–H and O–H groups in total. The second kappa shape index (κ2) is 6.48. The van der Waals surface area contributed by atoms with E-state index in [0.29, 0.717) is 48.5 Å². The highest BCUT2D eigenvalue weighted by Gasteiger charge is 2.36. The molecule has 0 spiro atoms. The first-order valence-corrected chi connectivity index (χ1v) is 8.43. The predicted molar refractivity (Wildman–Crippen MR) is 89.8 cm³/mol. The highest BCUT2D eigenvalue weighted by Crippen LogP contribution is 2.37. The van der Waals surface area contributed by atoms with Gasteiger partial charge < -0.3 is 9.30 Å². The van der Waals surface area contributed by atoms with Crippen LogP contribution in [0, 0.1) is 6.92 Å². The van der Waals surface area contributed by atoms with Crippen LogP contribution in [0.2, 0.25) is 0 Å². The van der Waals surface area contributed by atoms with E-state index in [9.17, 15) is 13.2 Å². The summed E-state index contributed by atoms with van der Waals surface area (Å²) >= 11 is 0. The molecule has 4 rings (SSSR count). The molecule has 0 aliphatic carbocycles. The van der Waals surface area contributed by atoms with Gasteiger partial charge in [-0.05, 0) is 13.0 Å². The van der Waals surface area contributed by atoms with E-state index >= 15 is 0 Å². The van der Waals surface area contributed by atoms with Crippen LogP contribution in [0.5, 0.6) is 0 Å². The summed E-state index contributed by atoms with van der Waals surface area (Å²) < 4.78 is 47.6. The molecule has 3 aromatic heterocycles. The van der Waals surface area contributed by atoms with Crippen molar-refractivity contribution in [3.63, 3.8) is 0 Å². The lowest BCUT2D eigenvalue weighted by molar-refractivity contribution is -0.140. The van der Waals surface area contributed by atoms with E-state index in [1.807, 2.05) is 0 Å². The number of ether oxygens (including phenoxy) is 1. The Kier molecular flexibility index (Phi) is 4.28. The maximum Gasteiger partial charge on any atom is 0.435 e. The molecule has 4 heterocycles. The van der Waals surface area contributed by atoms with Gasteiger partial charge in [-0.25, -0.2) is 15.0 Å². The minimum absolute atomic E-state index is 0.0724. The normalized spacial score (nSPS) is 16.6. The topological polar surface area (TPSA) is 56.1 Å². The molecule has 9 heteroatoms. The molecular weight excluding hydrogens is 347 g/mol. The lowest BCUT2D eigenvalue weighted by Gasteiger charge is -2.26. The fraction of sp³-hybridized carbons (Fsp3) is 0.471. The molecule has 0 aromatic carbocycles. The molecule has 1 aliphatic heterocycles. The van der Waals surface area contributed by atoms with Crippen molar-refractivity contribution in [2.24, 2.45) is 0 Å². The fourth-order valence-electron chi connectivity index (χ4n) is 3.40. The molecular formula is C17H18F3N5O. The average Bonchev–Trinajstić information content (AvgIpc) is 2.92. The zero-order chi connectivity index (χ0) is 18.3. The first-order chi connectivity index (χ1) is 12.4. The highest BCUT2D eigenvalue weighted by atomic mass is 19.4. The summed E-state index contributed by atoms with van der Waals surface area (Å²) in [6, 6.07) is 1.59. The predicted octanol–water partition coefficient (Wildman–Crippen LogP) is 2.64. The molecule has 0 amide bonds. The Bertz CT molecular complexity index is 947. The second-order valence-electron chi connectivity index (χ2n) is 6.31. The van der Waals surface area contributed by atoms with Gasteiger partial charge in [0.1, 0.15) is 11.5 Å². The Hall–Kier alpha value is -2.26. The molecule has 0 bridgehead atoms. The van der Waals surface area contributed by atoms with Crippen molar-refractivity contribution in [1.82, 2.24) is 24.4 Å². The number of fused-ring (bicyclic) bond motifs is 3. The van der Waals surface area contributed by atoms with E-state index in [1.54, 1.807) is 23.8 Å². The van der Waals surface area contributed by atoms with E-state index in [4.69, 9.17) is 4.74 Å². The van der Waals surface area contributed by atoms with Gasteiger partial charge in [0.05, 0.1) is 18.7 Å². The van der Waals surface area contributed by atoms with E-state index in [2.05, 4.69) is 19.9 Å². The van der Waals surface area contributed by atoms with Crippen LogP contribution in [-0.4, -0.2) is 57.3 Å². The number of alkyl halides is 3. The van der Waals surface area contributed by atoms with Gasteiger partial charge in [-0.2, -0.15) is 13.2 Å². The van der Waals surface area contributed by atoms with Crippen molar-refractivity contribution in [2.75, 3.05) is 32.8 Å². The Labute approximate surface area is 147 Å². The largest absolute Gasteiger partial charge is 0.435 e. The SMILES string of the molecule is Cc1ncc2c3ccnc(C(F)(F)F)c3n(CCN3CCOCC3)c2n1. The first kappa shape index (κ1) is 17.2. The number of hydrogen-bond donors (Lipinski definition) is 0. The van der Waals surface area contributed by atoms with Crippen molar-refractivity contribution in [3.8, 4) is 0 Å². The van der Waals surface area contributed by atoms with Crippen molar-refractivity contribution in [1.29, 1.82) is 0 Å². The van der Waals surface area contributed by atoms with Gasteiger partial charge in [0.25, 0.3) is 0 Å². The molecule has 0 radical (unpaired) electrons. The Balaban J connectivity index is 1.87. The minimum atomic E-state index is -4.53. The monoisotopic (exact) mass is 365 g/mol. The third kappa shape index (κ3) is 3.01. The lowest BCUT2D eigenvalue weighted by atomic mass is 10.2. The molecule has 6 nitrogen and oxygen atoms in total. The summed E-state index contributed by atoms with van der Waals surface area (Å²) in [6.07, 6.45) is -1.75. The number of nitrogens with zero attached hydrogens (tertiary/aromatic N) is 5. The van der Waals surface area contributed by atoms with Gasteiger partial charge in [0.2, 0.25) is 0 Å². The fourth-order valence-corrected chi connectivity index (χ4v) is 3.40. The van der Waals surface area contributed by atoms with Gasteiger partial charge in [-0.3, -0.25) is 4.90 Å². The smallest absolute Gasteiger partial charge is 0.379 e. The van der Waals surface area contributed by atoms with Crippen LogP contribution in [0.15, 0.2) is 18.5 Å². The Morgan fingerprint density at radius 1 is 1.12 bits per heavy atom. The van der Waals surface area contributed by atoms with Gasteiger partial charge in [-0.15, -0.1) is 0 Å². The Morgan fingerprint density at radius 2 is 1.88 bits per heavy atom. The van der Waals surface area contributed by atoms with Crippen LogP contribution in [0.4, 0.5) is 13.2 Å². The van der Waals surface area contributed by atoms with E-state index in [-0.39, 0.29) is 5.52 Å². The lowest BCUT2D eigenvalue weighted by Crippen LogP contribution is -2.38. The van der Waals surface area contributed by atoms with Crippen LogP contribution in [0.25, 0.3) is 21.9 Å². The summed E-state index contributed by atoms with van der Waals surface area (Å²) in [5, 5.41) is 1.09. The van der Waals surface area contributed by atoms with Crippen molar-refractivity contribution >= 4 is 21.9 Å². The first-order valence-electron chi connectivity index (χ1n) is 8.43. The van der Waals surface area contributed by atoms with Crippen LogP contribution < -0.4 is 0 Å². The van der Waals surface area contributed by atoms with Crippen LogP contribution in [0.3, 0.4) is 0 Å². The minimum Gasteiger partial charge on any atom is -0.379 e. The standard InChI is InChI=1S/C17H18F3N5O/c1-11-22-10-13-12-2-3-21-15(17(18,19)20)14(12)25(16(13)23-11)5-4-24-6-8-26-9-7-24/h2-3,10H,4-9H2,1H3. The molecule has 0 unspecified atom stereocenters. The maximum atomic E-state index is 13.6. The van der Waals surface area contributed by atoms with Crippen LogP contribution >= 0.6 is 0 Å². The van der Waals surface area contributed by atoms with Gasteiger partial charge in [0.15, 0.2) is 5.69 Å². The summed E-state index contributed by atoms with van der Waals surface area (Å²) in [7, 11) is 0. The van der Waals surface area contributed by atoms with E-state index < -0.39 is 11.9 Å². The molecule has 1 aliphatic rings. The van der Waals surface area contributed by atoms with Gasteiger partial charge in [0, 0.05) is 49.3 Å². The molecule has 1 fully saturated rings. The van der Waals surface area contributed by atoms with Crippen LogP contribution in [-0.2, 0) is 17.5 Å². The molecule has 3 aromatic rings. The van der Waals surface area contributed by atoms with Crippen molar-refractivity contribution < 1.29 is 17.9 Å². The van der Waals surface area contributed by atoms with E-state index in [1.165, 1.54) is 6.20 Å². The molecule has 0 atom stereocenters. The summed E-state index contributed by atoms with van der Waals surface area (Å²) in [5.41, 5.74) is -0.296. The number of rotatable bonds is 3. The third-order valence-corrected chi connectivity index (χ3v) is 4.64. The molecule has 0 saturated carbocycles. The summed E-state index contributed by atoms with van der Waals surface area (Å²) in [5.74, 6) is 0.523. The molecule has 26 heavy (non-hydrogen) atoms. The number of pyridine rings is 1. The number of hydrogen-bond acceptors (Lipinski definition) is 5. The third-order valence-electron chi connectivity index (χ3n) is 4.64. The number of halogens is 3. The van der Waals surface area contributed by atoms with Crippen LogP contribution in [0.1, 0.15) is 11.5 Å². The van der Waals surface area contributed by atoms with Gasteiger partial charge in [-0.1, -0.05) is 0 Å². The summed E-state index contributed by atoms with van der Waals surface area (Å²) in [6.45, 7) is 5.58. The van der Waals surface area contributed by atoms with Gasteiger partial charge >= 0.3 is 6.18 Å². The zero-order valence-corrected chi connectivity index (χ0v) is 14.3. The molecule has 1 saturated heterocycles. The highest BCUT2D eigenvalue weighted by molar-refractivity contribution is 6.07. The second-order valence-corrected chi connectivity index (χ2v) is 6.31. The van der Waals surface area contributed by atoms with Crippen molar-refractivity contribution in [2.45, 2.75) is 19.6 Å². The maximum absolute atomic E-state index is 13.6. The van der Waals surface area contributed by atoms with E-state index in [0.717, 1.165) is 13.1 Å². The quantitative estimate of drug-likeness (QED) is 0.714.